The molecule has 1 aromatic heterocycles. The van der Waals surface area contributed by atoms with Gasteiger partial charge in [-0.3, -0.25) is 9.78 Å². The first-order valence-electron chi connectivity index (χ1n) is 5.22. The summed E-state index contributed by atoms with van der Waals surface area (Å²) in [5.74, 6) is 0.0197. The van der Waals surface area contributed by atoms with Crippen molar-refractivity contribution in [1.82, 2.24) is 15.3 Å². The van der Waals surface area contributed by atoms with Crippen molar-refractivity contribution >= 4 is 11.7 Å². The van der Waals surface area contributed by atoms with E-state index in [-0.39, 0.29) is 23.5 Å². The van der Waals surface area contributed by atoms with Crippen LogP contribution in [-0.2, 0) is 4.74 Å². The zero-order valence-corrected chi connectivity index (χ0v) is 8.85. The molecule has 6 nitrogen and oxygen atoms in total. The molecule has 1 amide bonds. The largest absolute Gasteiger partial charge is 0.382 e. The van der Waals surface area contributed by atoms with Crippen LogP contribution >= 0.6 is 0 Å². The van der Waals surface area contributed by atoms with E-state index in [1.165, 1.54) is 12.4 Å². The Hall–Kier alpha value is -1.69. The zero-order valence-electron chi connectivity index (χ0n) is 8.85. The van der Waals surface area contributed by atoms with Crippen molar-refractivity contribution in [3.63, 3.8) is 0 Å². The number of carbonyl (C=O) groups excluding carboxylic acids is 1. The number of carbonyl (C=O) groups is 1. The van der Waals surface area contributed by atoms with E-state index in [9.17, 15) is 4.79 Å². The average molecular weight is 222 g/mol. The Morgan fingerprint density at radius 3 is 2.88 bits per heavy atom. The van der Waals surface area contributed by atoms with Crippen LogP contribution in [0.3, 0.4) is 0 Å². The highest BCUT2D eigenvalue weighted by Gasteiger charge is 2.17. The minimum atomic E-state index is -0.230. The summed E-state index contributed by atoms with van der Waals surface area (Å²) in [6, 6.07) is 0.157. The van der Waals surface area contributed by atoms with E-state index in [0.29, 0.717) is 13.2 Å². The van der Waals surface area contributed by atoms with Crippen molar-refractivity contribution in [2.45, 2.75) is 18.9 Å². The molecule has 0 bridgehead atoms. The van der Waals surface area contributed by atoms with E-state index in [0.717, 1.165) is 12.8 Å². The van der Waals surface area contributed by atoms with Crippen molar-refractivity contribution in [2.24, 2.45) is 0 Å². The minimum Gasteiger partial charge on any atom is -0.382 e. The third-order valence-corrected chi connectivity index (χ3v) is 2.44. The lowest BCUT2D eigenvalue weighted by Crippen LogP contribution is -2.39. The predicted octanol–water partition coefficient (Wildman–Crippen LogP) is -0.0324. The van der Waals surface area contributed by atoms with Gasteiger partial charge in [-0.2, -0.15) is 0 Å². The molecule has 3 N–H and O–H groups in total. The molecule has 0 radical (unpaired) electrons. The monoisotopic (exact) mass is 222 g/mol. The Morgan fingerprint density at radius 1 is 1.44 bits per heavy atom. The van der Waals surface area contributed by atoms with E-state index in [4.69, 9.17) is 10.5 Å². The summed E-state index contributed by atoms with van der Waals surface area (Å²) in [4.78, 5) is 19.5. The van der Waals surface area contributed by atoms with Crippen LogP contribution < -0.4 is 11.1 Å². The van der Waals surface area contributed by atoms with Crippen LogP contribution in [0.2, 0.25) is 0 Å². The second-order valence-corrected chi connectivity index (χ2v) is 3.69. The molecule has 86 valence electrons. The predicted molar refractivity (Wildman–Crippen MR) is 57.8 cm³/mol. The van der Waals surface area contributed by atoms with Gasteiger partial charge in [0.2, 0.25) is 0 Å². The number of nitrogens with one attached hydrogen (secondary N) is 1. The minimum absolute atomic E-state index is 0.157. The van der Waals surface area contributed by atoms with E-state index >= 15 is 0 Å². The smallest absolute Gasteiger partial charge is 0.271 e. The number of anilines is 1. The first-order chi connectivity index (χ1) is 7.75. The van der Waals surface area contributed by atoms with Crippen molar-refractivity contribution in [2.75, 3.05) is 18.9 Å². The number of hydrogen-bond acceptors (Lipinski definition) is 5. The maximum Gasteiger partial charge on any atom is 0.271 e. The van der Waals surface area contributed by atoms with E-state index in [1.54, 1.807) is 0 Å². The highest BCUT2D eigenvalue weighted by molar-refractivity contribution is 5.92. The Kier molecular flexibility index (Phi) is 3.31. The highest BCUT2D eigenvalue weighted by atomic mass is 16.5. The van der Waals surface area contributed by atoms with E-state index in [2.05, 4.69) is 15.3 Å². The number of hydrogen-bond donors (Lipinski definition) is 2. The summed E-state index contributed by atoms with van der Waals surface area (Å²) in [5.41, 5.74) is 5.71. The summed E-state index contributed by atoms with van der Waals surface area (Å²) in [6.07, 6.45) is 4.49. The summed E-state index contributed by atoms with van der Waals surface area (Å²) < 4.78 is 5.21. The average Bonchev–Trinajstić information content (AvgIpc) is 2.30. The van der Waals surface area contributed by atoms with Crippen LogP contribution in [0.15, 0.2) is 12.4 Å². The lowest BCUT2D eigenvalue weighted by Gasteiger charge is -2.22. The third kappa shape index (κ3) is 2.66. The molecule has 0 aliphatic carbocycles. The third-order valence-electron chi connectivity index (χ3n) is 2.44. The number of amides is 1. The number of nitrogens with zero attached hydrogens (tertiary/aromatic N) is 2. The number of aromatic nitrogens is 2. The lowest BCUT2D eigenvalue weighted by molar-refractivity contribution is 0.0694. The molecule has 0 atom stereocenters. The van der Waals surface area contributed by atoms with Gasteiger partial charge >= 0.3 is 0 Å². The molecular formula is C10H14N4O2. The standard InChI is InChI=1S/C10H14N4O2/c11-9-6-12-5-8(14-9)10(15)13-7-1-3-16-4-2-7/h5-7H,1-4H2,(H2,11,14)(H,13,15). The van der Waals surface area contributed by atoms with Gasteiger partial charge in [-0.15, -0.1) is 0 Å². The highest BCUT2D eigenvalue weighted by Crippen LogP contribution is 2.07. The van der Waals surface area contributed by atoms with E-state index < -0.39 is 0 Å². The van der Waals surface area contributed by atoms with Gasteiger partial charge in [0, 0.05) is 19.3 Å². The van der Waals surface area contributed by atoms with Gasteiger partial charge < -0.3 is 15.8 Å². The number of nitrogen functional groups attached to an aromatic ring is 1. The number of ether oxygens (including phenoxy) is 1. The molecule has 1 aromatic rings. The molecule has 1 aliphatic heterocycles. The maximum absolute atomic E-state index is 11.8. The summed E-state index contributed by atoms with van der Waals surface area (Å²) >= 11 is 0. The molecule has 16 heavy (non-hydrogen) atoms. The van der Waals surface area contributed by atoms with Crippen molar-refractivity contribution in [3.05, 3.63) is 18.1 Å². The van der Waals surface area contributed by atoms with Crippen molar-refractivity contribution < 1.29 is 9.53 Å². The summed E-state index contributed by atoms with van der Waals surface area (Å²) in [5, 5.41) is 2.89. The van der Waals surface area contributed by atoms with Gasteiger partial charge in [-0.25, -0.2) is 4.98 Å². The molecule has 6 heteroatoms. The topological polar surface area (TPSA) is 90.1 Å². The van der Waals surface area contributed by atoms with Crippen LogP contribution in [-0.4, -0.2) is 35.1 Å². The van der Waals surface area contributed by atoms with Crippen molar-refractivity contribution in [1.29, 1.82) is 0 Å². The summed E-state index contributed by atoms with van der Waals surface area (Å²) in [6.45, 7) is 1.38. The van der Waals surface area contributed by atoms with Crippen LogP contribution in [0.1, 0.15) is 23.3 Å². The van der Waals surface area contributed by atoms with Gasteiger partial charge in [0.1, 0.15) is 11.5 Å². The first kappa shape index (κ1) is 10.8. The molecule has 1 aliphatic rings. The molecule has 0 unspecified atom stereocenters. The van der Waals surface area contributed by atoms with Crippen LogP contribution in [0.25, 0.3) is 0 Å². The van der Waals surface area contributed by atoms with Gasteiger partial charge in [0.15, 0.2) is 0 Å². The second kappa shape index (κ2) is 4.89. The fourth-order valence-electron chi connectivity index (χ4n) is 1.59. The Labute approximate surface area is 93.2 Å². The van der Waals surface area contributed by atoms with Gasteiger partial charge in [-0.1, -0.05) is 0 Å². The molecule has 2 rings (SSSR count). The van der Waals surface area contributed by atoms with E-state index in [1.807, 2.05) is 0 Å². The van der Waals surface area contributed by atoms with Crippen LogP contribution in [0, 0.1) is 0 Å². The lowest BCUT2D eigenvalue weighted by atomic mass is 10.1. The van der Waals surface area contributed by atoms with Gasteiger partial charge in [-0.05, 0) is 12.8 Å². The van der Waals surface area contributed by atoms with Gasteiger partial charge in [0.05, 0.1) is 12.4 Å². The first-order valence-corrected chi connectivity index (χ1v) is 5.22. The quantitative estimate of drug-likeness (QED) is 0.733. The van der Waals surface area contributed by atoms with Crippen molar-refractivity contribution in [3.8, 4) is 0 Å². The molecule has 2 heterocycles. The van der Waals surface area contributed by atoms with Crippen LogP contribution in [0.4, 0.5) is 5.82 Å². The zero-order chi connectivity index (χ0) is 11.4. The Morgan fingerprint density at radius 2 is 2.19 bits per heavy atom. The molecule has 1 fully saturated rings. The normalized spacial score (nSPS) is 17.0. The second-order valence-electron chi connectivity index (χ2n) is 3.69. The molecule has 0 spiro atoms. The molecule has 1 saturated heterocycles. The molecule has 0 aromatic carbocycles. The number of rotatable bonds is 2. The Balaban J connectivity index is 1.97. The number of nitrogens with two attached hydrogens (primary N) is 1. The Bertz CT molecular complexity index is 377. The summed E-state index contributed by atoms with van der Waals surface area (Å²) in [7, 11) is 0. The van der Waals surface area contributed by atoms with Crippen LogP contribution in [0.5, 0.6) is 0 Å². The fourth-order valence-corrected chi connectivity index (χ4v) is 1.59. The SMILES string of the molecule is Nc1cncc(C(=O)NC2CCOCC2)n1. The van der Waals surface area contributed by atoms with Gasteiger partial charge in [0.25, 0.3) is 5.91 Å². The fraction of sp³-hybridized carbons (Fsp3) is 0.500. The molecular weight excluding hydrogens is 208 g/mol. The molecule has 0 saturated carbocycles. The maximum atomic E-state index is 11.8.